The lowest BCUT2D eigenvalue weighted by molar-refractivity contribution is -0.290. The summed E-state index contributed by atoms with van der Waals surface area (Å²) in [6, 6.07) is -1.71. The van der Waals surface area contributed by atoms with E-state index in [4.69, 9.17) is 14.2 Å². The molecule has 0 aromatic rings. The molecule has 2 heterocycles. The van der Waals surface area contributed by atoms with Crippen LogP contribution < -0.4 is 10.6 Å². The zero-order valence-corrected chi connectivity index (χ0v) is 15.3. The summed E-state index contributed by atoms with van der Waals surface area (Å²) in [6.07, 6.45) is -6.13. The number of rotatable bonds is 6. The molecular formula is C16H28N2O9. The van der Waals surface area contributed by atoms with E-state index < -0.39 is 61.4 Å². The van der Waals surface area contributed by atoms with Crippen LogP contribution in [0.25, 0.3) is 0 Å². The summed E-state index contributed by atoms with van der Waals surface area (Å²) in [6.45, 7) is 1.71. The molecule has 0 bridgehead atoms. The molecular weight excluding hydrogens is 364 g/mol. The maximum Gasteiger partial charge on any atom is 0.217 e. The monoisotopic (exact) mass is 392 g/mol. The van der Waals surface area contributed by atoms with E-state index in [2.05, 4.69) is 10.6 Å². The second-order valence-electron chi connectivity index (χ2n) is 6.79. The molecule has 8 atom stereocenters. The predicted octanol–water partition coefficient (Wildman–Crippen LogP) is -3.40. The van der Waals surface area contributed by atoms with Gasteiger partial charge in [-0.15, -0.1) is 0 Å². The van der Waals surface area contributed by atoms with Gasteiger partial charge in [0.25, 0.3) is 0 Å². The van der Waals surface area contributed by atoms with E-state index in [0.717, 1.165) is 0 Å². The van der Waals surface area contributed by atoms with Gasteiger partial charge in [0.05, 0.1) is 38.1 Å². The molecule has 2 saturated heterocycles. The largest absolute Gasteiger partial charge is 0.394 e. The van der Waals surface area contributed by atoms with Crippen molar-refractivity contribution < 1.29 is 44.2 Å². The minimum absolute atomic E-state index is 0.0195. The summed E-state index contributed by atoms with van der Waals surface area (Å²) in [7, 11) is 0. The third kappa shape index (κ3) is 5.57. The molecule has 2 aliphatic heterocycles. The molecule has 6 N–H and O–H groups in total. The van der Waals surface area contributed by atoms with Crippen LogP contribution in [0.3, 0.4) is 0 Å². The summed E-state index contributed by atoms with van der Waals surface area (Å²) in [4.78, 5) is 22.8. The number of hydrogen-bond donors (Lipinski definition) is 6. The van der Waals surface area contributed by atoms with Crippen LogP contribution in [0, 0.1) is 0 Å². The number of carbonyl (C=O) groups excluding carboxylic acids is 2. The number of aliphatic hydroxyl groups excluding tert-OH is 4. The van der Waals surface area contributed by atoms with Crippen molar-refractivity contribution in [2.45, 2.75) is 69.2 Å². The van der Waals surface area contributed by atoms with Gasteiger partial charge in [0.15, 0.2) is 6.29 Å². The molecule has 156 valence electrons. The molecule has 11 nitrogen and oxygen atoms in total. The topological polar surface area (TPSA) is 167 Å². The number of nitrogens with one attached hydrogen (secondary N) is 2. The molecule has 0 aliphatic carbocycles. The van der Waals surface area contributed by atoms with Crippen LogP contribution in [-0.4, -0.2) is 101 Å². The zero-order valence-electron chi connectivity index (χ0n) is 15.3. The van der Waals surface area contributed by atoms with Gasteiger partial charge in [0, 0.05) is 20.3 Å². The summed E-state index contributed by atoms with van der Waals surface area (Å²) >= 11 is 0. The van der Waals surface area contributed by atoms with Gasteiger partial charge in [0.2, 0.25) is 11.8 Å². The van der Waals surface area contributed by atoms with Gasteiger partial charge in [-0.3, -0.25) is 9.59 Å². The van der Waals surface area contributed by atoms with E-state index in [0.29, 0.717) is 0 Å². The van der Waals surface area contributed by atoms with Crippen LogP contribution in [0.1, 0.15) is 20.3 Å². The molecule has 11 heteroatoms. The van der Waals surface area contributed by atoms with Crippen molar-refractivity contribution in [3.63, 3.8) is 0 Å². The second kappa shape index (κ2) is 9.73. The fourth-order valence-corrected chi connectivity index (χ4v) is 3.30. The molecule has 2 rings (SSSR count). The fraction of sp³-hybridized carbons (Fsp3) is 0.875. The van der Waals surface area contributed by atoms with Crippen molar-refractivity contribution in [2.75, 3.05) is 19.8 Å². The van der Waals surface area contributed by atoms with Crippen molar-refractivity contribution in [1.82, 2.24) is 10.6 Å². The first kappa shape index (κ1) is 22.0. The summed E-state index contributed by atoms with van der Waals surface area (Å²) in [5, 5.41) is 44.8. The lowest BCUT2D eigenvalue weighted by Gasteiger charge is -2.45. The molecule has 8 unspecified atom stereocenters. The lowest BCUT2D eigenvalue weighted by atomic mass is 9.96. The van der Waals surface area contributed by atoms with Gasteiger partial charge >= 0.3 is 0 Å². The average molecular weight is 392 g/mol. The highest BCUT2D eigenvalue weighted by atomic mass is 16.7. The molecule has 0 aromatic heterocycles. The van der Waals surface area contributed by atoms with Crippen molar-refractivity contribution >= 4 is 11.8 Å². The smallest absolute Gasteiger partial charge is 0.217 e. The number of amides is 2. The molecule has 2 aliphatic rings. The van der Waals surface area contributed by atoms with E-state index in [1.54, 1.807) is 0 Å². The summed E-state index contributed by atoms with van der Waals surface area (Å²) in [5.41, 5.74) is 0. The number of carbonyl (C=O) groups is 2. The third-order valence-electron chi connectivity index (χ3n) is 4.58. The quantitative estimate of drug-likeness (QED) is 0.270. The third-order valence-corrected chi connectivity index (χ3v) is 4.58. The molecule has 2 fully saturated rings. The van der Waals surface area contributed by atoms with E-state index in [1.165, 1.54) is 13.8 Å². The van der Waals surface area contributed by atoms with Gasteiger partial charge in [-0.1, -0.05) is 0 Å². The van der Waals surface area contributed by atoms with Crippen LogP contribution >= 0.6 is 0 Å². The highest BCUT2D eigenvalue weighted by Crippen LogP contribution is 2.27. The second-order valence-corrected chi connectivity index (χ2v) is 6.79. The predicted molar refractivity (Wildman–Crippen MR) is 89.3 cm³/mol. The van der Waals surface area contributed by atoms with E-state index in [9.17, 15) is 30.0 Å². The number of aliphatic hydroxyl groups is 4. The molecule has 27 heavy (non-hydrogen) atoms. The Morgan fingerprint density at radius 2 is 1.78 bits per heavy atom. The van der Waals surface area contributed by atoms with Crippen LogP contribution in [0.5, 0.6) is 0 Å². The minimum atomic E-state index is -1.23. The molecule has 0 aromatic carbocycles. The van der Waals surface area contributed by atoms with Crippen LogP contribution in [0.2, 0.25) is 0 Å². The van der Waals surface area contributed by atoms with Gasteiger partial charge < -0.3 is 45.3 Å². The van der Waals surface area contributed by atoms with Crippen molar-refractivity contribution in [1.29, 1.82) is 0 Å². The highest BCUT2D eigenvalue weighted by molar-refractivity contribution is 5.73. The first-order chi connectivity index (χ1) is 12.8. The van der Waals surface area contributed by atoms with Crippen molar-refractivity contribution in [3.8, 4) is 0 Å². The van der Waals surface area contributed by atoms with Gasteiger partial charge in [0.1, 0.15) is 24.4 Å². The standard InChI is InChI=1S/C16H28N2O9/c1-7(21)17-10-6-25-12(5-20)15(14(10)24)27-16-13(18-8(2)22)11(23)3-9(4-19)26-16/h9-16,19-20,23-24H,3-6H2,1-2H3,(H,17,21)(H,18,22). The van der Waals surface area contributed by atoms with Gasteiger partial charge in [-0.25, -0.2) is 0 Å². The Morgan fingerprint density at radius 3 is 2.33 bits per heavy atom. The summed E-state index contributed by atoms with van der Waals surface area (Å²) < 4.78 is 16.8. The van der Waals surface area contributed by atoms with Gasteiger partial charge in [-0.05, 0) is 0 Å². The average Bonchev–Trinajstić information content (AvgIpc) is 2.60. The van der Waals surface area contributed by atoms with E-state index in [1.807, 2.05) is 0 Å². The Labute approximate surface area is 156 Å². The fourth-order valence-electron chi connectivity index (χ4n) is 3.30. The maximum atomic E-state index is 11.5. The van der Waals surface area contributed by atoms with Crippen LogP contribution in [0.15, 0.2) is 0 Å². The van der Waals surface area contributed by atoms with Gasteiger partial charge in [-0.2, -0.15) is 0 Å². The Balaban J connectivity index is 2.18. The lowest BCUT2D eigenvalue weighted by Crippen LogP contribution is -2.64. The Bertz CT molecular complexity index is 520. The van der Waals surface area contributed by atoms with Crippen molar-refractivity contribution in [2.24, 2.45) is 0 Å². The highest BCUT2D eigenvalue weighted by Gasteiger charge is 2.46. The van der Waals surface area contributed by atoms with Crippen LogP contribution in [0.4, 0.5) is 0 Å². The maximum absolute atomic E-state index is 11.5. The summed E-state index contributed by atoms with van der Waals surface area (Å²) in [5.74, 6) is -0.793. The first-order valence-electron chi connectivity index (χ1n) is 8.81. The normalized spacial score (nSPS) is 39.6. The Hall–Kier alpha value is -1.34. The zero-order chi connectivity index (χ0) is 20.1. The van der Waals surface area contributed by atoms with E-state index >= 15 is 0 Å². The minimum Gasteiger partial charge on any atom is -0.394 e. The number of ether oxygens (including phenoxy) is 3. The van der Waals surface area contributed by atoms with Crippen molar-refractivity contribution in [3.05, 3.63) is 0 Å². The van der Waals surface area contributed by atoms with E-state index in [-0.39, 0.29) is 25.5 Å². The first-order valence-corrected chi connectivity index (χ1v) is 8.81. The Kier molecular flexibility index (Phi) is 7.91. The van der Waals surface area contributed by atoms with Crippen LogP contribution in [-0.2, 0) is 23.8 Å². The number of hydrogen-bond acceptors (Lipinski definition) is 9. The Morgan fingerprint density at radius 1 is 1.11 bits per heavy atom. The molecule has 0 saturated carbocycles. The molecule has 0 radical (unpaired) electrons. The SMILES string of the molecule is CC(=O)NC1COC(CO)C(OC2OC(CO)CC(O)C2NC(C)=O)C1O. The molecule has 0 spiro atoms. The molecule has 2 amide bonds.